The number of halogens is 1. The van der Waals surface area contributed by atoms with Crippen LogP contribution < -0.4 is 5.73 Å². The Balaban J connectivity index is 2.70. The third-order valence-corrected chi connectivity index (χ3v) is 3.00. The molecule has 15 heavy (non-hydrogen) atoms. The first-order valence-electron chi connectivity index (χ1n) is 4.27. The van der Waals surface area contributed by atoms with Crippen LogP contribution >= 0.6 is 15.9 Å². The monoisotopic (exact) mass is 269 g/mol. The smallest absolute Gasteiger partial charge is 0.335 e. The van der Waals surface area contributed by atoms with E-state index in [9.17, 15) is 4.79 Å². The van der Waals surface area contributed by atoms with Crippen LogP contribution in [0.15, 0.2) is 27.1 Å². The van der Waals surface area contributed by atoms with Crippen molar-refractivity contribution in [2.24, 2.45) is 5.73 Å². The van der Waals surface area contributed by atoms with Gasteiger partial charge in [-0.15, -0.1) is 0 Å². The highest BCUT2D eigenvalue weighted by atomic mass is 79.9. The highest BCUT2D eigenvalue weighted by molar-refractivity contribution is 9.10. The number of carboxylic acids is 1. The number of aromatic carboxylic acids is 1. The lowest BCUT2D eigenvalue weighted by Crippen LogP contribution is -1.95. The van der Waals surface area contributed by atoms with Crippen LogP contribution in [-0.4, -0.2) is 11.1 Å². The molecule has 0 fully saturated rings. The Kier molecular flexibility index (Phi) is 2.50. The van der Waals surface area contributed by atoms with Crippen LogP contribution in [0.4, 0.5) is 0 Å². The lowest BCUT2D eigenvalue weighted by atomic mass is 10.1. The zero-order chi connectivity index (χ0) is 11.0. The van der Waals surface area contributed by atoms with Crippen LogP contribution in [0.3, 0.4) is 0 Å². The van der Waals surface area contributed by atoms with Crippen molar-refractivity contribution in [3.8, 4) is 0 Å². The van der Waals surface area contributed by atoms with Gasteiger partial charge in [-0.3, -0.25) is 0 Å². The minimum absolute atomic E-state index is 0.229. The average Bonchev–Trinajstić information content (AvgIpc) is 2.55. The fourth-order valence-corrected chi connectivity index (χ4v) is 1.94. The standard InChI is InChI=1S/C10H8BrNO3/c11-9-6-3-5(10(13)14)1-2-7(6)15-8(9)4-12/h1-3H,4,12H2,(H,13,14). The molecule has 0 aliphatic rings. The van der Waals surface area contributed by atoms with Crippen molar-refractivity contribution in [3.63, 3.8) is 0 Å². The van der Waals surface area contributed by atoms with E-state index in [1.54, 1.807) is 12.1 Å². The Morgan fingerprint density at radius 2 is 2.27 bits per heavy atom. The molecular formula is C10H8BrNO3. The lowest BCUT2D eigenvalue weighted by molar-refractivity contribution is 0.0697. The highest BCUT2D eigenvalue weighted by Crippen LogP contribution is 2.31. The van der Waals surface area contributed by atoms with Crippen molar-refractivity contribution in [3.05, 3.63) is 34.0 Å². The van der Waals surface area contributed by atoms with E-state index in [2.05, 4.69) is 15.9 Å². The van der Waals surface area contributed by atoms with Crippen LogP contribution in [0.1, 0.15) is 16.1 Å². The first kappa shape index (κ1) is 10.2. The Morgan fingerprint density at radius 1 is 1.53 bits per heavy atom. The zero-order valence-corrected chi connectivity index (χ0v) is 9.24. The molecule has 0 unspecified atom stereocenters. The molecule has 1 aromatic heterocycles. The molecule has 1 aromatic carbocycles. The molecule has 0 spiro atoms. The number of carboxylic acid groups (broad SMARTS) is 1. The van der Waals surface area contributed by atoms with E-state index in [-0.39, 0.29) is 12.1 Å². The highest BCUT2D eigenvalue weighted by Gasteiger charge is 2.12. The Bertz CT molecular complexity index is 533. The molecule has 1 heterocycles. The predicted octanol–water partition coefficient (Wildman–Crippen LogP) is 2.35. The van der Waals surface area contributed by atoms with Gasteiger partial charge in [0, 0.05) is 5.39 Å². The van der Waals surface area contributed by atoms with Crippen molar-refractivity contribution >= 4 is 32.9 Å². The topological polar surface area (TPSA) is 76.5 Å². The van der Waals surface area contributed by atoms with Gasteiger partial charge in [0.05, 0.1) is 16.6 Å². The molecule has 0 aliphatic heterocycles. The van der Waals surface area contributed by atoms with Gasteiger partial charge in [0.25, 0.3) is 0 Å². The Hall–Kier alpha value is -1.33. The summed E-state index contributed by atoms with van der Waals surface area (Å²) in [6.45, 7) is 0.275. The van der Waals surface area contributed by atoms with Gasteiger partial charge in [0.2, 0.25) is 0 Å². The lowest BCUT2D eigenvalue weighted by Gasteiger charge is -1.93. The van der Waals surface area contributed by atoms with E-state index in [1.807, 2.05) is 0 Å². The molecule has 0 amide bonds. The van der Waals surface area contributed by atoms with Gasteiger partial charge in [-0.05, 0) is 34.1 Å². The third-order valence-electron chi connectivity index (χ3n) is 2.13. The molecule has 5 heteroatoms. The van der Waals surface area contributed by atoms with E-state index in [4.69, 9.17) is 15.3 Å². The maximum Gasteiger partial charge on any atom is 0.335 e. The summed E-state index contributed by atoms with van der Waals surface area (Å²) >= 11 is 3.33. The van der Waals surface area contributed by atoms with Gasteiger partial charge < -0.3 is 15.3 Å². The van der Waals surface area contributed by atoms with Crippen molar-refractivity contribution in [1.82, 2.24) is 0 Å². The summed E-state index contributed by atoms with van der Waals surface area (Å²) in [7, 11) is 0. The first-order chi connectivity index (χ1) is 7.13. The van der Waals surface area contributed by atoms with Crippen molar-refractivity contribution in [2.45, 2.75) is 6.54 Å². The molecule has 0 saturated heterocycles. The fraction of sp³-hybridized carbons (Fsp3) is 0.100. The Morgan fingerprint density at radius 3 is 2.87 bits per heavy atom. The van der Waals surface area contributed by atoms with Gasteiger partial charge in [0.1, 0.15) is 11.3 Å². The second kappa shape index (κ2) is 3.67. The van der Waals surface area contributed by atoms with Crippen LogP contribution in [-0.2, 0) is 6.54 Å². The third kappa shape index (κ3) is 1.64. The first-order valence-corrected chi connectivity index (χ1v) is 5.07. The van der Waals surface area contributed by atoms with Gasteiger partial charge in [0.15, 0.2) is 0 Å². The van der Waals surface area contributed by atoms with Crippen LogP contribution in [0.2, 0.25) is 0 Å². The molecule has 0 radical (unpaired) electrons. The number of nitrogens with two attached hydrogens (primary N) is 1. The normalized spacial score (nSPS) is 10.8. The zero-order valence-electron chi connectivity index (χ0n) is 7.66. The molecule has 0 atom stereocenters. The molecular weight excluding hydrogens is 262 g/mol. The number of rotatable bonds is 2. The van der Waals surface area contributed by atoms with E-state index in [0.29, 0.717) is 11.3 Å². The van der Waals surface area contributed by atoms with Crippen LogP contribution in [0, 0.1) is 0 Å². The summed E-state index contributed by atoms with van der Waals surface area (Å²) in [6.07, 6.45) is 0. The molecule has 2 aromatic rings. The van der Waals surface area contributed by atoms with Gasteiger partial charge in [-0.25, -0.2) is 4.79 Å². The van der Waals surface area contributed by atoms with E-state index < -0.39 is 5.97 Å². The second-order valence-electron chi connectivity index (χ2n) is 3.06. The molecule has 0 aliphatic carbocycles. The summed E-state index contributed by atoms with van der Waals surface area (Å²) in [5.41, 5.74) is 6.33. The summed E-state index contributed by atoms with van der Waals surface area (Å²) < 4.78 is 6.14. The van der Waals surface area contributed by atoms with Gasteiger partial charge in [-0.1, -0.05) is 0 Å². The Labute approximate surface area is 93.8 Å². The number of carbonyl (C=O) groups is 1. The second-order valence-corrected chi connectivity index (χ2v) is 3.85. The molecule has 0 saturated carbocycles. The van der Waals surface area contributed by atoms with Crippen molar-refractivity contribution in [1.29, 1.82) is 0 Å². The fourth-order valence-electron chi connectivity index (χ4n) is 1.38. The largest absolute Gasteiger partial charge is 0.478 e. The van der Waals surface area contributed by atoms with Gasteiger partial charge in [-0.2, -0.15) is 0 Å². The molecule has 78 valence electrons. The van der Waals surface area contributed by atoms with E-state index in [0.717, 1.165) is 9.86 Å². The van der Waals surface area contributed by atoms with Crippen LogP contribution in [0.5, 0.6) is 0 Å². The van der Waals surface area contributed by atoms with Crippen molar-refractivity contribution < 1.29 is 14.3 Å². The number of hydrogen-bond acceptors (Lipinski definition) is 3. The van der Waals surface area contributed by atoms with E-state index in [1.165, 1.54) is 6.07 Å². The molecule has 0 bridgehead atoms. The van der Waals surface area contributed by atoms with E-state index >= 15 is 0 Å². The molecule has 2 rings (SSSR count). The minimum atomic E-state index is -0.959. The summed E-state index contributed by atoms with van der Waals surface area (Å²) in [4.78, 5) is 10.8. The minimum Gasteiger partial charge on any atom is -0.478 e. The molecule has 4 nitrogen and oxygen atoms in total. The number of benzene rings is 1. The summed E-state index contributed by atoms with van der Waals surface area (Å²) in [6, 6.07) is 4.69. The SMILES string of the molecule is NCc1oc2ccc(C(=O)O)cc2c1Br. The number of furan rings is 1. The number of fused-ring (bicyclic) bond motifs is 1. The summed E-state index contributed by atoms with van der Waals surface area (Å²) in [5.74, 6) is -0.341. The predicted molar refractivity (Wildman–Crippen MR) is 58.8 cm³/mol. The maximum absolute atomic E-state index is 10.8. The quantitative estimate of drug-likeness (QED) is 0.878. The number of hydrogen-bond donors (Lipinski definition) is 2. The maximum atomic E-state index is 10.8. The average molecular weight is 270 g/mol. The summed E-state index contributed by atoms with van der Waals surface area (Å²) in [5, 5.41) is 9.56. The van der Waals surface area contributed by atoms with Gasteiger partial charge >= 0.3 is 5.97 Å². The van der Waals surface area contributed by atoms with Crippen molar-refractivity contribution in [2.75, 3.05) is 0 Å². The molecule has 3 N–H and O–H groups in total. The van der Waals surface area contributed by atoms with Crippen LogP contribution in [0.25, 0.3) is 11.0 Å².